The molecule has 2 aromatic carbocycles. The maximum Gasteiger partial charge on any atom is 0.252 e. The van der Waals surface area contributed by atoms with Crippen molar-refractivity contribution >= 4 is 57.0 Å². The number of likely N-dealkylation sites (N-methyl/N-ethyl adjacent to an activating group) is 1. The number of alkyl halides is 3. The Morgan fingerprint density at radius 2 is 1.83 bits per heavy atom. The molecule has 0 saturated carbocycles. The molecule has 0 fully saturated rings. The molecular formula is C19H18Cl3NO. The van der Waals surface area contributed by atoms with E-state index >= 15 is 0 Å². The Balaban J connectivity index is 2.26. The number of nitrogens with zero attached hydrogens (tertiary/aromatic N) is 1. The fraction of sp³-hybridized carbons (Fsp3) is 0.316. The lowest BCUT2D eigenvalue weighted by atomic mass is 9.81. The van der Waals surface area contributed by atoms with Crippen molar-refractivity contribution in [2.75, 3.05) is 11.4 Å². The third-order valence-electron chi connectivity index (χ3n) is 4.62. The third kappa shape index (κ3) is 2.71. The Labute approximate surface area is 157 Å². The van der Waals surface area contributed by atoms with Gasteiger partial charge in [-0.05, 0) is 29.3 Å². The van der Waals surface area contributed by atoms with E-state index in [2.05, 4.69) is 43.0 Å². The molecule has 3 rings (SSSR count). The lowest BCUT2D eigenvalue weighted by Crippen LogP contribution is -2.29. The number of hydrogen-bond donors (Lipinski definition) is 0. The zero-order valence-corrected chi connectivity index (χ0v) is 16.0. The number of hydrogen-bond acceptors (Lipinski definition) is 2. The molecule has 0 aliphatic carbocycles. The summed E-state index contributed by atoms with van der Waals surface area (Å²) in [4.78, 5) is 14.4. The molecule has 126 valence electrons. The molecule has 24 heavy (non-hydrogen) atoms. The zero-order chi connectivity index (χ0) is 17.7. The van der Waals surface area contributed by atoms with Gasteiger partial charge in [0, 0.05) is 29.4 Å². The average molecular weight is 383 g/mol. The summed E-state index contributed by atoms with van der Waals surface area (Å²) in [6, 6.07) is 12.5. The second-order valence-electron chi connectivity index (χ2n) is 6.44. The van der Waals surface area contributed by atoms with E-state index in [4.69, 9.17) is 34.8 Å². The van der Waals surface area contributed by atoms with Crippen molar-refractivity contribution in [3.8, 4) is 0 Å². The van der Waals surface area contributed by atoms with Gasteiger partial charge in [-0.15, -0.1) is 0 Å². The van der Waals surface area contributed by atoms with Gasteiger partial charge in [-0.3, -0.25) is 4.79 Å². The van der Waals surface area contributed by atoms with Crippen LogP contribution >= 0.6 is 34.8 Å². The summed E-state index contributed by atoms with van der Waals surface area (Å²) in [5.41, 5.74) is 2.79. The molecule has 0 bridgehead atoms. The molecule has 1 aliphatic heterocycles. The molecule has 0 saturated heterocycles. The topological polar surface area (TPSA) is 20.3 Å². The lowest BCUT2D eigenvalue weighted by molar-refractivity contribution is -0.113. The molecule has 0 unspecified atom stereocenters. The highest BCUT2D eigenvalue weighted by Crippen LogP contribution is 2.50. The summed E-state index contributed by atoms with van der Waals surface area (Å²) in [5.74, 6) is -0.522. The molecule has 2 aromatic rings. The van der Waals surface area contributed by atoms with E-state index in [1.54, 1.807) is 0 Å². The fourth-order valence-corrected chi connectivity index (χ4v) is 3.71. The summed E-state index contributed by atoms with van der Waals surface area (Å²) in [6.07, 6.45) is 1.48. The Hall–Kier alpha value is -1.22. The molecular weight excluding hydrogens is 365 g/mol. The Bertz CT molecular complexity index is 849. The first-order valence-electron chi connectivity index (χ1n) is 7.81. The first kappa shape index (κ1) is 17.6. The van der Waals surface area contributed by atoms with Crippen LogP contribution in [-0.2, 0) is 10.2 Å². The number of ketones is 1. The van der Waals surface area contributed by atoms with E-state index in [0.29, 0.717) is 0 Å². The van der Waals surface area contributed by atoms with E-state index in [1.165, 1.54) is 22.4 Å². The number of rotatable bonds is 2. The lowest BCUT2D eigenvalue weighted by Gasteiger charge is -2.26. The van der Waals surface area contributed by atoms with Crippen molar-refractivity contribution in [2.45, 2.75) is 30.0 Å². The SMILES string of the molecule is CCN1C(=CC(=O)C(Cl)(Cl)Cl)C(C)(C)c2c1ccc1ccccc21. The highest BCUT2D eigenvalue weighted by atomic mass is 35.6. The molecule has 5 heteroatoms. The van der Waals surface area contributed by atoms with Crippen molar-refractivity contribution in [3.05, 3.63) is 53.7 Å². The van der Waals surface area contributed by atoms with Gasteiger partial charge in [0.2, 0.25) is 5.78 Å². The standard InChI is InChI=1S/C19H18Cl3NO/c1-4-23-14-10-9-12-7-5-6-8-13(12)17(14)18(2,3)15(23)11-16(24)19(20,21)22/h5-11H,4H2,1-3H3. The van der Waals surface area contributed by atoms with Crippen LogP contribution in [-0.4, -0.2) is 16.1 Å². The van der Waals surface area contributed by atoms with Gasteiger partial charge in [0.25, 0.3) is 3.79 Å². The number of allylic oxidation sites excluding steroid dienone is 2. The highest BCUT2D eigenvalue weighted by Gasteiger charge is 2.42. The predicted octanol–water partition coefficient (Wildman–Crippen LogP) is 5.78. The van der Waals surface area contributed by atoms with Crippen molar-refractivity contribution in [2.24, 2.45) is 0 Å². The molecule has 1 aliphatic rings. The van der Waals surface area contributed by atoms with Gasteiger partial charge in [-0.1, -0.05) is 79.0 Å². The van der Waals surface area contributed by atoms with Gasteiger partial charge < -0.3 is 4.90 Å². The smallest absolute Gasteiger partial charge is 0.252 e. The molecule has 0 amide bonds. The summed E-state index contributed by atoms with van der Waals surface area (Å²) in [5, 5.41) is 2.36. The van der Waals surface area contributed by atoms with Crippen molar-refractivity contribution in [1.82, 2.24) is 0 Å². The maximum absolute atomic E-state index is 12.3. The highest BCUT2D eigenvalue weighted by molar-refractivity contribution is 6.77. The predicted molar refractivity (Wildman–Crippen MR) is 103 cm³/mol. The van der Waals surface area contributed by atoms with Crippen LogP contribution in [0.2, 0.25) is 0 Å². The quantitative estimate of drug-likeness (QED) is 0.484. The van der Waals surface area contributed by atoms with E-state index in [-0.39, 0.29) is 5.41 Å². The van der Waals surface area contributed by atoms with E-state index < -0.39 is 9.58 Å². The molecule has 0 spiro atoms. The third-order valence-corrected chi connectivity index (χ3v) is 5.18. The summed E-state index contributed by atoms with van der Waals surface area (Å²) in [7, 11) is 0. The Kier molecular flexibility index (Phi) is 4.36. The first-order valence-corrected chi connectivity index (χ1v) is 8.94. The first-order chi connectivity index (χ1) is 11.2. The maximum atomic E-state index is 12.3. The van der Waals surface area contributed by atoms with Crippen LogP contribution in [0.1, 0.15) is 26.3 Å². The zero-order valence-electron chi connectivity index (χ0n) is 13.7. The number of fused-ring (bicyclic) bond motifs is 3. The monoisotopic (exact) mass is 381 g/mol. The number of halogens is 3. The van der Waals surface area contributed by atoms with Crippen molar-refractivity contribution in [1.29, 1.82) is 0 Å². The van der Waals surface area contributed by atoms with E-state index in [0.717, 1.165) is 17.9 Å². The van der Waals surface area contributed by atoms with Crippen LogP contribution in [0.5, 0.6) is 0 Å². The van der Waals surface area contributed by atoms with Crippen molar-refractivity contribution < 1.29 is 4.79 Å². The second kappa shape index (κ2) is 5.94. The minimum atomic E-state index is -1.95. The fourth-order valence-electron chi connectivity index (χ4n) is 3.54. The number of benzene rings is 2. The minimum Gasteiger partial charge on any atom is -0.344 e. The van der Waals surface area contributed by atoms with Crippen molar-refractivity contribution in [3.63, 3.8) is 0 Å². The van der Waals surface area contributed by atoms with Crippen LogP contribution in [0.25, 0.3) is 10.8 Å². The Morgan fingerprint density at radius 3 is 2.46 bits per heavy atom. The van der Waals surface area contributed by atoms with Gasteiger partial charge >= 0.3 is 0 Å². The minimum absolute atomic E-state index is 0.363. The van der Waals surface area contributed by atoms with Gasteiger partial charge in [0.05, 0.1) is 0 Å². The molecule has 0 radical (unpaired) electrons. The Morgan fingerprint density at radius 1 is 1.17 bits per heavy atom. The molecule has 0 N–H and O–H groups in total. The largest absolute Gasteiger partial charge is 0.344 e. The number of carbonyl (C=O) groups is 1. The summed E-state index contributed by atoms with van der Waals surface area (Å²) < 4.78 is -1.95. The summed E-state index contributed by atoms with van der Waals surface area (Å²) >= 11 is 17.3. The molecule has 0 atom stereocenters. The van der Waals surface area contributed by atoms with Gasteiger partial charge in [0.15, 0.2) is 0 Å². The molecule has 2 nitrogen and oxygen atoms in total. The van der Waals surface area contributed by atoms with Crippen LogP contribution in [0, 0.1) is 0 Å². The number of anilines is 1. The van der Waals surface area contributed by atoms with Gasteiger partial charge in [0.1, 0.15) is 0 Å². The van der Waals surface area contributed by atoms with Gasteiger partial charge in [-0.2, -0.15) is 0 Å². The second-order valence-corrected chi connectivity index (χ2v) is 8.72. The average Bonchev–Trinajstić information content (AvgIpc) is 2.74. The summed E-state index contributed by atoms with van der Waals surface area (Å²) in [6.45, 7) is 6.98. The van der Waals surface area contributed by atoms with Crippen LogP contribution in [0.15, 0.2) is 48.2 Å². The van der Waals surface area contributed by atoms with Crippen LogP contribution in [0.3, 0.4) is 0 Å². The normalized spacial score (nSPS) is 18.2. The molecule has 0 aromatic heterocycles. The molecule has 1 heterocycles. The van der Waals surface area contributed by atoms with Crippen LogP contribution in [0.4, 0.5) is 5.69 Å². The van der Waals surface area contributed by atoms with E-state index in [1.807, 2.05) is 19.1 Å². The number of carbonyl (C=O) groups excluding carboxylic acids is 1. The van der Waals surface area contributed by atoms with E-state index in [9.17, 15) is 4.79 Å². The van der Waals surface area contributed by atoms with Crippen LogP contribution < -0.4 is 4.90 Å². The van der Waals surface area contributed by atoms with Gasteiger partial charge in [-0.25, -0.2) is 0 Å².